The van der Waals surface area contributed by atoms with Crippen LogP contribution < -0.4 is 9.80 Å². The van der Waals surface area contributed by atoms with E-state index in [0.717, 1.165) is 26.9 Å². The largest absolute Gasteiger partial charge is 0.464 e. The van der Waals surface area contributed by atoms with Crippen LogP contribution in [0.1, 0.15) is 18.1 Å². The summed E-state index contributed by atoms with van der Waals surface area (Å²) >= 11 is 0. The number of nitrogens with zero attached hydrogens (tertiary/aromatic N) is 3. The number of hydrogen-bond acceptors (Lipinski definition) is 7. The van der Waals surface area contributed by atoms with Gasteiger partial charge in [0, 0.05) is 23.4 Å². The van der Waals surface area contributed by atoms with Crippen molar-refractivity contribution in [2.24, 2.45) is 11.8 Å². The first kappa shape index (κ1) is 22.9. The molecule has 3 aliphatic heterocycles. The van der Waals surface area contributed by atoms with Gasteiger partial charge in [-0.25, -0.2) is 9.69 Å². The van der Waals surface area contributed by atoms with Crippen molar-refractivity contribution >= 4 is 51.7 Å². The predicted molar refractivity (Wildman–Crippen MR) is 137 cm³/mol. The minimum absolute atomic E-state index is 0.126. The minimum atomic E-state index is -1.01. The van der Waals surface area contributed by atoms with Crippen LogP contribution in [0.25, 0.3) is 16.8 Å². The van der Waals surface area contributed by atoms with Crippen LogP contribution in [0.5, 0.6) is 0 Å². The Morgan fingerprint density at radius 3 is 2.54 bits per heavy atom. The molecule has 9 nitrogen and oxygen atoms in total. The first-order valence-electron chi connectivity index (χ1n) is 12.1. The second kappa shape index (κ2) is 8.26. The van der Waals surface area contributed by atoms with Gasteiger partial charge in [0.2, 0.25) is 11.8 Å². The first-order valence-corrected chi connectivity index (χ1v) is 12.1. The molecule has 4 atom stereocenters. The number of benzene rings is 3. The SMILES string of the molecule is CCOC(=O)[C@@H]1[C@@H]2C(=O)N(c3cc([N+](=O)[O-])ccc3C)C(=O)[C@H]2[C@@H]2C=Cc3c(ccc4ccccc34)N12. The molecule has 2 amide bonds. The standard InChI is InChI=1S/C28H23N3O6/c1-3-37-28(34)25-24-23(26(32)30(27(24)33)22-14-17(31(35)36)10-8-15(22)2)21-13-11-19-18-7-5-4-6-16(18)9-12-20(19)29(21)25/h4-14,21,23-25H,3H2,1-2H3/t21-,23-,24+,25-/m0/s1. The highest BCUT2D eigenvalue weighted by molar-refractivity contribution is 6.25. The number of hydrogen-bond donors (Lipinski definition) is 0. The Balaban J connectivity index is 1.50. The molecule has 2 fully saturated rings. The van der Waals surface area contributed by atoms with Gasteiger partial charge in [-0.15, -0.1) is 0 Å². The number of ether oxygens (including phenoxy) is 1. The molecule has 3 aromatic carbocycles. The molecule has 0 N–H and O–H groups in total. The number of imide groups is 1. The molecule has 2 saturated heterocycles. The molecule has 0 aromatic heterocycles. The number of aryl methyl sites for hydroxylation is 1. The fraction of sp³-hybridized carbons (Fsp3) is 0.250. The molecule has 186 valence electrons. The van der Waals surface area contributed by atoms with Gasteiger partial charge in [0.15, 0.2) is 0 Å². The van der Waals surface area contributed by atoms with Gasteiger partial charge in [0.1, 0.15) is 6.04 Å². The summed E-state index contributed by atoms with van der Waals surface area (Å²) in [7, 11) is 0. The maximum atomic E-state index is 13.9. The lowest BCUT2D eigenvalue weighted by atomic mass is 9.88. The average Bonchev–Trinajstić information content (AvgIpc) is 3.37. The normalized spacial score (nSPS) is 23.7. The number of esters is 1. The number of fused-ring (bicyclic) bond motifs is 7. The zero-order chi connectivity index (χ0) is 26.0. The number of non-ortho nitro benzene ring substituents is 1. The number of carbonyl (C=O) groups is 3. The number of nitro benzene ring substituents is 1. The Morgan fingerprint density at radius 2 is 1.78 bits per heavy atom. The summed E-state index contributed by atoms with van der Waals surface area (Å²) in [4.78, 5) is 54.8. The summed E-state index contributed by atoms with van der Waals surface area (Å²) in [6.45, 7) is 3.51. The van der Waals surface area contributed by atoms with Gasteiger partial charge in [-0.1, -0.05) is 48.6 Å². The second-order valence-corrected chi connectivity index (χ2v) is 9.46. The zero-order valence-corrected chi connectivity index (χ0v) is 20.2. The number of carbonyl (C=O) groups excluding carboxylic acids is 3. The quantitative estimate of drug-likeness (QED) is 0.232. The lowest BCUT2D eigenvalue weighted by molar-refractivity contribution is -0.384. The highest BCUT2D eigenvalue weighted by Crippen LogP contribution is 2.50. The van der Waals surface area contributed by atoms with Crippen molar-refractivity contribution in [3.05, 3.63) is 81.9 Å². The Hall–Kier alpha value is -4.53. The van der Waals surface area contributed by atoms with E-state index in [1.807, 2.05) is 53.5 Å². The van der Waals surface area contributed by atoms with Gasteiger partial charge in [0.25, 0.3) is 5.69 Å². The van der Waals surface area contributed by atoms with Crippen molar-refractivity contribution < 1.29 is 24.0 Å². The van der Waals surface area contributed by atoms with E-state index in [0.29, 0.717) is 5.56 Å². The van der Waals surface area contributed by atoms with Gasteiger partial charge in [-0.2, -0.15) is 0 Å². The monoisotopic (exact) mass is 497 g/mol. The highest BCUT2D eigenvalue weighted by Gasteiger charge is 2.65. The number of nitro groups is 1. The van der Waals surface area contributed by atoms with Gasteiger partial charge in [-0.05, 0) is 36.2 Å². The van der Waals surface area contributed by atoms with Gasteiger partial charge >= 0.3 is 5.97 Å². The highest BCUT2D eigenvalue weighted by atomic mass is 16.6. The topological polar surface area (TPSA) is 110 Å². The van der Waals surface area contributed by atoms with E-state index in [1.54, 1.807) is 13.8 Å². The molecule has 0 aliphatic carbocycles. The molecule has 0 radical (unpaired) electrons. The van der Waals surface area contributed by atoms with Crippen LogP contribution in [0.4, 0.5) is 17.1 Å². The Bertz CT molecular complexity index is 1550. The Labute approximate surface area is 212 Å². The van der Waals surface area contributed by atoms with Gasteiger partial charge in [0.05, 0.1) is 35.1 Å². The molecular weight excluding hydrogens is 474 g/mol. The summed E-state index contributed by atoms with van der Waals surface area (Å²) < 4.78 is 5.41. The molecular formula is C28H23N3O6. The zero-order valence-electron chi connectivity index (χ0n) is 20.2. The summed E-state index contributed by atoms with van der Waals surface area (Å²) in [6, 6.07) is 14.3. The molecule has 0 saturated carbocycles. The van der Waals surface area contributed by atoms with E-state index in [9.17, 15) is 24.5 Å². The minimum Gasteiger partial charge on any atom is -0.464 e. The van der Waals surface area contributed by atoms with Crippen LogP contribution >= 0.6 is 0 Å². The first-order chi connectivity index (χ1) is 17.8. The molecule has 3 aliphatic rings. The van der Waals surface area contributed by atoms with E-state index in [4.69, 9.17) is 4.74 Å². The van der Waals surface area contributed by atoms with Crippen molar-refractivity contribution in [3.63, 3.8) is 0 Å². The van der Waals surface area contributed by atoms with Gasteiger partial charge in [-0.3, -0.25) is 19.7 Å². The molecule has 6 rings (SSSR count). The Morgan fingerprint density at radius 1 is 1.03 bits per heavy atom. The van der Waals surface area contributed by atoms with E-state index in [-0.39, 0.29) is 18.0 Å². The van der Waals surface area contributed by atoms with Gasteiger partial charge < -0.3 is 9.64 Å². The third-order valence-corrected chi connectivity index (χ3v) is 7.59. The summed E-state index contributed by atoms with van der Waals surface area (Å²) in [5.41, 5.74) is 2.17. The fourth-order valence-corrected chi connectivity index (χ4v) is 6.01. The lowest BCUT2D eigenvalue weighted by Gasteiger charge is -2.36. The number of anilines is 2. The van der Waals surface area contributed by atoms with E-state index in [1.165, 1.54) is 18.2 Å². The van der Waals surface area contributed by atoms with E-state index < -0.39 is 46.6 Å². The summed E-state index contributed by atoms with van der Waals surface area (Å²) in [5, 5.41) is 13.4. The van der Waals surface area contributed by atoms with Crippen molar-refractivity contribution in [2.45, 2.75) is 25.9 Å². The third-order valence-electron chi connectivity index (χ3n) is 7.59. The molecule has 0 spiro atoms. The summed E-state index contributed by atoms with van der Waals surface area (Å²) in [5.74, 6) is -3.43. The van der Waals surface area contributed by atoms with E-state index in [2.05, 4.69) is 0 Å². The van der Waals surface area contributed by atoms with E-state index >= 15 is 0 Å². The maximum Gasteiger partial charge on any atom is 0.329 e. The third kappa shape index (κ3) is 3.20. The maximum absolute atomic E-state index is 13.9. The number of rotatable bonds is 4. The van der Waals surface area contributed by atoms with Crippen LogP contribution in [0.15, 0.2) is 60.7 Å². The molecule has 37 heavy (non-hydrogen) atoms. The fourth-order valence-electron chi connectivity index (χ4n) is 6.01. The Kier molecular flexibility index (Phi) is 5.11. The molecule has 3 aromatic rings. The van der Waals surface area contributed by atoms with Crippen LogP contribution in [0, 0.1) is 28.9 Å². The molecule has 0 unspecified atom stereocenters. The smallest absolute Gasteiger partial charge is 0.329 e. The number of amides is 2. The van der Waals surface area contributed by atoms with Crippen molar-refractivity contribution in [1.82, 2.24) is 0 Å². The molecule has 9 heteroatoms. The van der Waals surface area contributed by atoms with Crippen molar-refractivity contribution in [1.29, 1.82) is 0 Å². The molecule has 3 heterocycles. The van der Waals surface area contributed by atoms with Crippen molar-refractivity contribution in [3.8, 4) is 0 Å². The van der Waals surface area contributed by atoms with Crippen molar-refractivity contribution in [2.75, 3.05) is 16.4 Å². The van der Waals surface area contributed by atoms with Crippen LogP contribution in [-0.2, 0) is 19.1 Å². The van der Waals surface area contributed by atoms with Crippen LogP contribution in [0.2, 0.25) is 0 Å². The second-order valence-electron chi connectivity index (χ2n) is 9.46. The van der Waals surface area contributed by atoms with Crippen LogP contribution in [-0.4, -0.2) is 41.4 Å². The summed E-state index contributed by atoms with van der Waals surface area (Å²) in [6.07, 6.45) is 3.82. The van der Waals surface area contributed by atoms with Crippen LogP contribution in [0.3, 0.4) is 0 Å². The average molecular weight is 498 g/mol. The molecule has 0 bridgehead atoms. The predicted octanol–water partition coefficient (Wildman–Crippen LogP) is 4.01. The lowest BCUT2D eigenvalue weighted by Crippen LogP contribution is -2.49.